The number of hydrogen-bond donors (Lipinski definition) is 1. The first-order valence-corrected chi connectivity index (χ1v) is 8.55. The summed E-state index contributed by atoms with van der Waals surface area (Å²) in [6, 6.07) is 23.4. The molecule has 0 aliphatic carbocycles. The molecule has 0 fully saturated rings. The topological polar surface area (TPSA) is 77.0 Å². The lowest BCUT2D eigenvalue weighted by molar-refractivity contribution is 0.277. The van der Waals surface area contributed by atoms with Gasteiger partial charge in [0.25, 0.3) is 5.88 Å². The Balaban J connectivity index is 1.60. The molecule has 4 rings (SSSR count). The molecule has 0 radical (unpaired) electrons. The third kappa shape index (κ3) is 3.79. The van der Waals surface area contributed by atoms with Gasteiger partial charge in [0, 0.05) is 0 Å². The van der Waals surface area contributed by atoms with Crippen LogP contribution in [0, 0.1) is 0 Å². The van der Waals surface area contributed by atoms with Gasteiger partial charge >= 0.3 is 11.2 Å². The van der Waals surface area contributed by atoms with E-state index in [-0.39, 0.29) is 19.0 Å². The quantitative estimate of drug-likeness (QED) is 0.594. The molecule has 1 N–H and O–H groups in total. The number of nitrogens with zero attached hydrogens (tertiary/aromatic N) is 2. The highest BCUT2D eigenvalue weighted by Crippen LogP contribution is 2.16. The second-order valence-corrected chi connectivity index (χ2v) is 6.18. The van der Waals surface area contributed by atoms with E-state index in [1.807, 2.05) is 72.8 Å². The van der Waals surface area contributed by atoms with Crippen molar-refractivity contribution in [3.8, 4) is 5.88 Å². The average molecular weight is 359 g/mol. The third-order valence-corrected chi connectivity index (χ3v) is 4.23. The van der Waals surface area contributed by atoms with Gasteiger partial charge < -0.3 is 4.74 Å². The van der Waals surface area contributed by atoms with E-state index in [4.69, 9.17) is 4.74 Å². The smallest absolute Gasteiger partial charge is 0.345 e. The number of benzene rings is 3. The van der Waals surface area contributed by atoms with Crippen molar-refractivity contribution in [2.75, 3.05) is 0 Å². The van der Waals surface area contributed by atoms with Gasteiger partial charge in [0.15, 0.2) is 0 Å². The van der Waals surface area contributed by atoms with Crippen LogP contribution in [0.3, 0.4) is 0 Å². The van der Waals surface area contributed by atoms with Crippen LogP contribution in [-0.4, -0.2) is 14.8 Å². The Labute approximate surface area is 154 Å². The van der Waals surface area contributed by atoms with Gasteiger partial charge in [0.05, 0.1) is 6.54 Å². The molecule has 0 amide bonds. The van der Waals surface area contributed by atoms with Gasteiger partial charge in [-0.3, -0.25) is 9.78 Å². The number of ether oxygens (including phenoxy) is 1. The Kier molecular flexibility index (Phi) is 4.53. The summed E-state index contributed by atoms with van der Waals surface area (Å²) in [5.41, 5.74) is 0.612. The lowest BCUT2D eigenvalue weighted by Gasteiger charge is -2.09. The number of hydrogen-bond acceptors (Lipinski definition) is 4. The van der Waals surface area contributed by atoms with Crippen LogP contribution in [0.5, 0.6) is 5.88 Å². The standard InChI is InChI=1S/C21H17N3O3/c25-19-20(27-14-15-6-2-1-3-7-15)23-24(21(26)22-19)13-16-10-11-17-8-4-5-9-18(17)12-16/h1-12H,13-14H2,(H,22,25,26). The molecule has 3 aromatic carbocycles. The second kappa shape index (κ2) is 7.29. The summed E-state index contributed by atoms with van der Waals surface area (Å²) in [6.07, 6.45) is 0. The average Bonchev–Trinajstić information content (AvgIpc) is 2.70. The molecule has 6 heteroatoms. The molecular formula is C21H17N3O3. The zero-order valence-corrected chi connectivity index (χ0v) is 14.5. The Morgan fingerprint density at radius 1 is 0.852 bits per heavy atom. The van der Waals surface area contributed by atoms with Crippen molar-refractivity contribution >= 4 is 10.8 Å². The molecule has 134 valence electrons. The van der Waals surface area contributed by atoms with Crippen LogP contribution in [-0.2, 0) is 13.2 Å². The van der Waals surface area contributed by atoms with Gasteiger partial charge in [-0.25, -0.2) is 9.48 Å². The molecule has 0 atom stereocenters. The maximum atomic E-state index is 12.1. The van der Waals surface area contributed by atoms with E-state index in [0.29, 0.717) is 0 Å². The van der Waals surface area contributed by atoms with Gasteiger partial charge in [-0.05, 0) is 28.0 Å². The molecule has 0 spiro atoms. The van der Waals surface area contributed by atoms with Crippen molar-refractivity contribution < 1.29 is 4.74 Å². The number of fused-ring (bicyclic) bond motifs is 1. The van der Waals surface area contributed by atoms with Crippen LogP contribution in [0.2, 0.25) is 0 Å². The number of nitrogens with one attached hydrogen (secondary N) is 1. The summed E-state index contributed by atoms with van der Waals surface area (Å²) in [5, 5.41) is 6.30. The molecule has 0 aliphatic rings. The summed E-state index contributed by atoms with van der Waals surface area (Å²) < 4.78 is 6.71. The summed E-state index contributed by atoms with van der Waals surface area (Å²) in [7, 11) is 0. The number of aromatic nitrogens is 3. The second-order valence-electron chi connectivity index (χ2n) is 6.18. The molecule has 1 heterocycles. The molecule has 1 aromatic heterocycles. The summed E-state index contributed by atoms with van der Waals surface area (Å²) in [4.78, 5) is 26.4. The fourth-order valence-corrected chi connectivity index (χ4v) is 2.85. The van der Waals surface area contributed by atoms with Gasteiger partial charge in [-0.15, -0.1) is 5.10 Å². The Morgan fingerprint density at radius 3 is 2.41 bits per heavy atom. The maximum Gasteiger partial charge on any atom is 0.345 e. The highest BCUT2D eigenvalue weighted by atomic mass is 16.5. The molecule has 0 saturated heterocycles. The van der Waals surface area contributed by atoms with Gasteiger partial charge in [0.2, 0.25) is 0 Å². The molecule has 4 aromatic rings. The zero-order chi connectivity index (χ0) is 18.6. The molecule has 6 nitrogen and oxygen atoms in total. The molecule has 0 aliphatic heterocycles. The normalized spacial score (nSPS) is 10.8. The molecule has 0 unspecified atom stereocenters. The van der Waals surface area contributed by atoms with Crippen molar-refractivity contribution in [3.63, 3.8) is 0 Å². The van der Waals surface area contributed by atoms with E-state index < -0.39 is 11.2 Å². The van der Waals surface area contributed by atoms with Crippen LogP contribution in [0.4, 0.5) is 0 Å². The van der Waals surface area contributed by atoms with Crippen LogP contribution in [0.1, 0.15) is 11.1 Å². The molecule has 27 heavy (non-hydrogen) atoms. The van der Waals surface area contributed by atoms with Crippen molar-refractivity contribution in [2.24, 2.45) is 0 Å². The fraction of sp³-hybridized carbons (Fsp3) is 0.0952. The number of rotatable bonds is 5. The lowest BCUT2D eigenvalue weighted by atomic mass is 10.1. The van der Waals surface area contributed by atoms with Crippen molar-refractivity contribution in [1.29, 1.82) is 0 Å². The molecular weight excluding hydrogens is 342 g/mol. The SMILES string of the molecule is O=c1[nH]c(=O)n(Cc2ccc3ccccc3c2)nc1OCc1ccccc1. The van der Waals surface area contributed by atoms with E-state index >= 15 is 0 Å². The first kappa shape index (κ1) is 16.8. The molecule has 0 bridgehead atoms. The summed E-state index contributed by atoms with van der Waals surface area (Å²) >= 11 is 0. The van der Waals surface area contributed by atoms with E-state index in [1.54, 1.807) is 0 Å². The lowest BCUT2D eigenvalue weighted by Crippen LogP contribution is -2.33. The first-order chi connectivity index (χ1) is 13.2. The minimum Gasteiger partial charge on any atom is -0.468 e. The number of aromatic amines is 1. The van der Waals surface area contributed by atoms with Crippen LogP contribution < -0.4 is 16.0 Å². The Bertz CT molecular complexity index is 1200. The van der Waals surface area contributed by atoms with Gasteiger partial charge in [-0.1, -0.05) is 66.7 Å². The van der Waals surface area contributed by atoms with E-state index in [1.165, 1.54) is 4.68 Å². The van der Waals surface area contributed by atoms with E-state index in [0.717, 1.165) is 21.9 Å². The van der Waals surface area contributed by atoms with Crippen molar-refractivity contribution in [2.45, 2.75) is 13.2 Å². The highest BCUT2D eigenvalue weighted by molar-refractivity contribution is 5.82. The van der Waals surface area contributed by atoms with E-state index in [2.05, 4.69) is 10.1 Å². The number of H-pyrrole nitrogens is 1. The first-order valence-electron chi connectivity index (χ1n) is 8.55. The fourth-order valence-electron chi connectivity index (χ4n) is 2.85. The minimum atomic E-state index is -0.634. The largest absolute Gasteiger partial charge is 0.468 e. The monoisotopic (exact) mass is 359 g/mol. The van der Waals surface area contributed by atoms with E-state index in [9.17, 15) is 9.59 Å². The van der Waals surface area contributed by atoms with Crippen LogP contribution in [0.15, 0.2) is 82.4 Å². The van der Waals surface area contributed by atoms with Crippen LogP contribution >= 0.6 is 0 Å². The predicted molar refractivity (Wildman–Crippen MR) is 103 cm³/mol. The molecule has 0 saturated carbocycles. The summed E-state index contributed by atoms with van der Waals surface area (Å²) in [6.45, 7) is 0.438. The third-order valence-electron chi connectivity index (χ3n) is 4.23. The predicted octanol–water partition coefficient (Wildman–Crippen LogP) is 2.71. The highest BCUT2D eigenvalue weighted by Gasteiger charge is 2.09. The van der Waals surface area contributed by atoms with Gasteiger partial charge in [-0.2, -0.15) is 0 Å². The summed E-state index contributed by atoms with van der Waals surface area (Å²) in [5.74, 6) is -0.126. The van der Waals surface area contributed by atoms with Gasteiger partial charge in [0.1, 0.15) is 6.61 Å². The minimum absolute atomic E-state index is 0.126. The Hall–Kier alpha value is -3.67. The van der Waals surface area contributed by atoms with Crippen LogP contribution in [0.25, 0.3) is 10.8 Å². The maximum absolute atomic E-state index is 12.1. The van der Waals surface area contributed by atoms with Crippen molar-refractivity contribution in [1.82, 2.24) is 14.8 Å². The zero-order valence-electron chi connectivity index (χ0n) is 14.5. The Morgan fingerprint density at radius 2 is 1.59 bits per heavy atom. The van der Waals surface area contributed by atoms with Crippen molar-refractivity contribution in [3.05, 3.63) is 105 Å².